The normalized spacial score (nSPS) is 12.1. The minimum atomic E-state index is -3.99. The van der Waals surface area contributed by atoms with E-state index in [1.54, 1.807) is 0 Å². The first-order valence-corrected chi connectivity index (χ1v) is 7.54. The summed E-state index contributed by atoms with van der Waals surface area (Å²) >= 11 is 5.92. The summed E-state index contributed by atoms with van der Waals surface area (Å²) in [6.45, 7) is -0.205. The molecule has 0 aliphatic heterocycles. The number of hydrogen-bond acceptors (Lipinski definition) is 5. The Kier molecular flexibility index (Phi) is 4.08. The van der Waals surface area contributed by atoms with Crippen molar-refractivity contribution in [2.75, 3.05) is 13.6 Å². The second-order valence-electron chi connectivity index (χ2n) is 4.26. The average molecular weight is 335 g/mol. The van der Waals surface area contributed by atoms with Gasteiger partial charge in [-0.15, -0.1) is 0 Å². The number of halogens is 1. The number of H-pyrrole nitrogens is 1. The number of sulfonamides is 1. The minimum Gasteiger partial charge on any atom is -0.481 e. The quantitative estimate of drug-likeness (QED) is 0.836. The Morgan fingerprint density at radius 3 is 2.76 bits per heavy atom. The number of rotatable bonds is 5. The van der Waals surface area contributed by atoms with Crippen LogP contribution in [0.4, 0.5) is 0 Å². The molecule has 1 aromatic heterocycles. The van der Waals surface area contributed by atoms with Gasteiger partial charge in [0, 0.05) is 19.7 Å². The standard InChI is InChI=1S/C11H11ClN2O6S/c1-14(3-2-10(15)16)21(18,19)9-5-8-7(4-6(9)12)13-11(17)20-8/h4-5H,2-3H2,1H3,(H,13,17)(H,15,16). The number of oxazole rings is 1. The van der Waals surface area contributed by atoms with Crippen LogP contribution in [-0.2, 0) is 14.8 Å². The summed E-state index contributed by atoms with van der Waals surface area (Å²) in [6, 6.07) is 2.39. The molecule has 0 fully saturated rings. The van der Waals surface area contributed by atoms with E-state index in [0.29, 0.717) is 0 Å². The monoisotopic (exact) mass is 334 g/mol. The molecule has 2 N–H and O–H groups in total. The number of aromatic nitrogens is 1. The molecule has 21 heavy (non-hydrogen) atoms. The average Bonchev–Trinajstić information content (AvgIpc) is 2.73. The Bertz CT molecular complexity index is 853. The molecule has 0 atom stereocenters. The number of carboxylic acid groups (broad SMARTS) is 1. The highest BCUT2D eigenvalue weighted by Crippen LogP contribution is 2.28. The molecule has 1 aromatic carbocycles. The summed E-state index contributed by atoms with van der Waals surface area (Å²) in [6.07, 6.45) is -0.338. The van der Waals surface area contributed by atoms with Crippen LogP contribution in [0.1, 0.15) is 6.42 Å². The van der Waals surface area contributed by atoms with Crippen LogP contribution in [-0.4, -0.2) is 42.4 Å². The van der Waals surface area contributed by atoms with Crippen molar-refractivity contribution in [2.45, 2.75) is 11.3 Å². The van der Waals surface area contributed by atoms with Gasteiger partial charge in [-0.3, -0.25) is 9.78 Å². The molecular weight excluding hydrogens is 324 g/mol. The number of nitrogens with zero attached hydrogens (tertiary/aromatic N) is 1. The summed E-state index contributed by atoms with van der Waals surface area (Å²) in [5, 5.41) is 8.50. The van der Waals surface area contributed by atoms with E-state index in [4.69, 9.17) is 21.1 Å². The molecule has 2 aromatic rings. The summed E-state index contributed by atoms with van der Waals surface area (Å²) in [5.41, 5.74) is 0.326. The van der Waals surface area contributed by atoms with Crippen molar-refractivity contribution >= 4 is 38.7 Å². The first-order chi connectivity index (χ1) is 9.71. The highest BCUT2D eigenvalue weighted by Gasteiger charge is 2.25. The van der Waals surface area contributed by atoms with Crippen molar-refractivity contribution in [3.8, 4) is 0 Å². The van der Waals surface area contributed by atoms with Gasteiger partial charge < -0.3 is 9.52 Å². The van der Waals surface area contributed by atoms with E-state index in [-0.39, 0.29) is 34.0 Å². The number of aromatic amines is 1. The Hall–Kier alpha value is -1.84. The van der Waals surface area contributed by atoms with Gasteiger partial charge in [-0.25, -0.2) is 17.5 Å². The van der Waals surface area contributed by atoms with E-state index in [9.17, 15) is 18.0 Å². The molecule has 0 unspecified atom stereocenters. The fourth-order valence-corrected chi connectivity index (χ4v) is 3.38. The van der Waals surface area contributed by atoms with Crippen LogP contribution in [0.3, 0.4) is 0 Å². The van der Waals surface area contributed by atoms with Gasteiger partial charge in [-0.1, -0.05) is 11.6 Å². The molecule has 0 radical (unpaired) electrons. The second-order valence-corrected chi connectivity index (χ2v) is 6.68. The van der Waals surface area contributed by atoms with E-state index < -0.39 is 21.7 Å². The first kappa shape index (κ1) is 15.5. The van der Waals surface area contributed by atoms with E-state index in [1.807, 2.05) is 0 Å². The summed E-state index contributed by atoms with van der Waals surface area (Å²) < 4.78 is 30.3. The lowest BCUT2D eigenvalue weighted by Crippen LogP contribution is -2.29. The van der Waals surface area contributed by atoms with Gasteiger partial charge in [0.1, 0.15) is 4.90 Å². The number of hydrogen-bond donors (Lipinski definition) is 2. The fourth-order valence-electron chi connectivity index (χ4n) is 1.69. The summed E-state index contributed by atoms with van der Waals surface area (Å²) in [7, 11) is -2.74. The third kappa shape index (κ3) is 3.09. The zero-order chi connectivity index (χ0) is 15.8. The van der Waals surface area contributed by atoms with Crippen molar-refractivity contribution in [1.82, 2.24) is 9.29 Å². The van der Waals surface area contributed by atoms with Crippen LogP contribution in [0.2, 0.25) is 5.02 Å². The molecule has 0 spiro atoms. The molecular formula is C11H11ClN2O6S. The predicted octanol–water partition coefficient (Wildman–Crippen LogP) is 0.870. The van der Waals surface area contributed by atoms with Gasteiger partial charge in [0.25, 0.3) is 0 Å². The van der Waals surface area contributed by atoms with Crippen molar-refractivity contribution in [3.05, 3.63) is 27.7 Å². The van der Waals surface area contributed by atoms with Crippen LogP contribution in [0, 0.1) is 0 Å². The highest BCUT2D eigenvalue weighted by atomic mass is 35.5. The van der Waals surface area contributed by atoms with Gasteiger partial charge in [0.15, 0.2) is 5.58 Å². The molecule has 1 heterocycles. The van der Waals surface area contributed by atoms with Gasteiger partial charge in [-0.2, -0.15) is 0 Å². The summed E-state index contributed by atoms with van der Waals surface area (Å²) in [4.78, 5) is 23.7. The van der Waals surface area contributed by atoms with Crippen LogP contribution in [0.25, 0.3) is 11.1 Å². The number of fused-ring (bicyclic) bond motifs is 1. The second kappa shape index (κ2) is 5.51. The molecule has 2 rings (SSSR count). The molecule has 0 amide bonds. The van der Waals surface area contributed by atoms with Crippen molar-refractivity contribution in [3.63, 3.8) is 0 Å². The van der Waals surface area contributed by atoms with Crippen LogP contribution in [0.15, 0.2) is 26.2 Å². The maximum atomic E-state index is 12.3. The van der Waals surface area contributed by atoms with E-state index in [1.165, 1.54) is 13.1 Å². The third-order valence-corrected chi connectivity index (χ3v) is 5.12. The number of aliphatic carboxylic acids is 1. The minimum absolute atomic E-state index is 0.0506. The number of nitrogens with one attached hydrogen (secondary N) is 1. The third-order valence-electron chi connectivity index (χ3n) is 2.80. The van der Waals surface area contributed by atoms with E-state index >= 15 is 0 Å². The Morgan fingerprint density at radius 1 is 1.48 bits per heavy atom. The van der Waals surface area contributed by atoms with Gasteiger partial charge in [0.2, 0.25) is 10.0 Å². The SMILES string of the molecule is CN(CCC(=O)O)S(=O)(=O)c1cc2oc(=O)[nH]c2cc1Cl. The van der Waals surface area contributed by atoms with Gasteiger partial charge >= 0.3 is 11.7 Å². The molecule has 0 saturated heterocycles. The maximum Gasteiger partial charge on any atom is 0.417 e. The predicted molar refractivity (Wildman–Crippen MR) is 73.9 cm³/mol. The smallest absolute Gasteiger partial charge is 0.417 e. The molecule has 0 bridgehead atoms. The summed E-state index contributed by atoms with van der Waals surface area (Å²) in [5.74, 6) is -1.84. The molecule has 8 nitrogen and oxygen atoms in total. The molecule has 0 aliphatic rings. The number of carboxylic acids is 1. The van der Waals surface area contributed by atoms with Crippen molar-refractivity contribution in [1.29, 1.82) is 0 Å². The maximum absolute atomic E-state index is 12.3. The van der Waals surface area contributed by atoms with Gasteiger partial charge in [-0.05, 0) is 6.07 Å². The lowest BCUT2D eigenvalue weighted by molar-refractivity contribution is -0.137. The van der Waals surface area contributed by atoms with Gasteiger partial charge in [0.05, 0.1) is 17.0 Å². The lowest BCUT2D eigenvalue weighted by atomic mass is 10.3. The topological polar surface area (TPSA) is 121 Å². The Balaban J connectivity index is 2.46. The Labute approximate surface area is 124 Å². The van der Waals surface area contributed by atoms with Crippen LogP contribution >= 0.6 is 11.6 Å². The highest BCUT2D eigenvalue weighted by molar-refractivity contribution is 7.89. The Morgan fingerprint density at radius 2 is 2.14 bits per heavy atom. The fraction of sp³-hybridized carbons (Fsp3) is 0.273. The van der Waals surface area contributed by atoms with E-state index in [2.05, 4.69) is 4.98 Å². The zero-order valence-corrected chi connectivity index (χ0v) is 12.4. The molecule has 10 heteroatoms. The largest absolute Gasteiger partial charge is 0.481 e. The van der Waals surface area contributed by atoms with Crippen molar-refractivity contribution in [2.24, 2.45) is 0 Å². The lowest BCUT2D eigenvalue weighted by Gasteiger charge is -2.16. The first-order valence-electron chi connectivity index (χ1n) is 5.72. The van der Waals surface area contributed by atoms with Crippen molar-refractivity contribution < 1.29 is 22.7 Å². The number of benzene rings is 1. The number of carbonyl (C=O) groups is 1. The van der Waals surface area contributed by atoms with E-state index in [0.717, 1.165) is 10.4 Å². The molecule has 114 valence electrons. The zero-order valence-electron chi connectivity index (χ0n) is 10.8. The van der Waals surface area contributed by atoms with Crippen LogP contribution < -0.4 is 5.76 Å². The molecule has 0 saturated carbocycles. The molecule has 0 aliphatic carbocycles. The van der Waals surface area contributed by atoms with Crippen LogP contribution in [0.5, 0.6) is 0 Å².